The van der Waals surface area contributed by atoms with E-state index in [-0.39, 0.29) is 11.6 Å². The molecule has 0 aromatic carbocycles. The van der Waals surface area contributed by atoms with E-state index in [1.165, 1.54) is 44.8 Å². The van der Waals surface area contributed by atoms with E-state index in [0.717, 1.165) is 32.4 Å². The van der Waals surface area contributed by atoms with Gasteiger partial charge < -0.3 is 9.53 Å². The Hall–Kier alpha value is -0.410. The zero-order valence-electron chi connectivity index (χ0n) is 11.3. The molecule has 0 amide bonds. The summed E-state index contributed by atoms with van der Waals surface area (Å²) in [4.78, 5) is 13.7. The molecule has 1 aliphatic carbocycles. The highest BCUT2D eigenvalue weighted by atomic mass is 16.5. The van der Waals surface area contributed by atoms with Crippen LogP contribution in [0.15, 0.2) is 0 Å². The molecular formula is C15H25NO2. The second-order valence-corrected chi connectivity index (χ2v) is 6.32. The summed E-state index contributed by atoms with van der Waals surface area (Å²) in [7, 11) is 0. The molecule has 0 N–H and O–H groups in total. The molecule has 3 fully saturated rings. The number of carbonyl (C=O) groups excluding carboxylic acids is 1. The lowest BCUT2D eigenvalue weighted by molar-refractivity contribution is -0.125. The van der Waals surface area contributed by atoms with Crippen LogP contribution in [-0.4, -0.2) is 42.0 Å². The van der Waals surface area contributed by atoms with Gasteiger partial charge in [0, 0.05) is 12.6 Å². The van der Waals surface area contributed by atoms with Crippen LogP contribution < -0.4 is 0 Å². The summed E-state index contributed by atoms with van der Waals surface area (Å²) in [6.07, 6.45) is 12.1. The standard InChI is InChI=1S/C15H25NO2/c17-12-14-5-1-4-9-16(14)13-6-10-18-15(11-13)7-2-3-8-15/h12-14H,1-11H2. The van der Waals surface area contributed by atoms with Gasteiger partial charge in [-0.3, -0.25) is 4.90 Å². The van der Waals surface area contributed by atoms with Gasteiger partial charge >= 0.3 is 0 Å². The third-order valence-electron chi connectivity index (χ3n) is 5.20. The number of carbonyl (C=O) groups is 1. The van der Waals surface area contributed by atoms with Crippen molar-refractivity contribution in [3.8, 4) is 0 Å². The van der Waals surface area contributed by atoms with Crippen molar-refractivity contribution < 1.29 is 9.53 Å². The SMILES string of the molecule is O=CC1CCCCN1C1CCOC2(CCCC2)C1. The maximum atomic E-state index is 11.3. The predicted octanol–water partition coefficient (Wildman–Crippen LogP) is 2.53. The molecule has 0 aromatic rings. The molecule has 2 saturated heterocycles. The molecule has 0 bridgehead atoms. The van der Waals surface area contributed by atoms with Crippen molar-refractivity contribution in [2.45, 2.75) is 75.5 Å². The first-order chi connectivity index (χ1) is 8.83. The maximum Gasteiger partial charge on any atom is 0.137 e. The molecule has 3 heteroatoms. The summed E-state index contributed by atoms with van der Waals surface area (Å²) in [5, 5.41) is 0. The number of rotatable bonds is 2. The van der Waals surface area contributed by atoms with E-state index in [2.05, 4.69) is 4.90 Å². The van der Waals surface area contributed by atoms with E-state index in [0.29, 0.717) is 6.04 Å². The van der Waals surface area contributed by atoms with Crippen molar-refractivity contribution in [2.75, 3.05) is 13.2 Å². The highest BCUT2D eigenvalue weighted by Gasteiger charge is 2.42. The van der Waals surface area contributed by atoms with E-state index >= 15 is 0 Å². The number of hydrogen-bond donors (Lipinski definition) is 0. The van der Waals surface area contributed by atoms with Crippen molar-refractivity contribution in [1.29, 1.82) is 0 Å². The minimum absolute atomic E-state index is 0.174. The molecule has 3 rings (SSSR count). The van der Waals surface area contributed by atoms with Gasteiger partial charge in [-0.1, -0.05) is 19.3 Å². The summed E-state index contributed by atoms with van der Waals surface area (Å²) in [6, 6.07) is 0.771. The average Bonchev–Trinajstić information content (AvgIpc) is 2.86. The van der Waals surface area contributed by atoms with Crippen LogP contribution in [0, 0.1) is 0 Å². The number of piperidine rings is 1. The van der Waals surface area contributed by atoms with Crippen molar-refractivity contribution in [2.24, 2.45) is 0 Å². The van der Waals surface area contributed by atoms with Crippen molar-refractivity contribution >= 4 is 6.29 Å². The second-order valence-electron chi connectivity index (χ2n) is 6.32. The van der Waals surface area contributed by atoms with Gasteiger partial charge in [0.05, 0.1) is 11.6 Å². The Morgan fingerprint density at radius 1 is 1.11 bits per heavy atom. The zero-order valence-corrected chi connectivity index (χ0v) is 11.3. The summed E-state index contributed by atoms with van der Waals surface area (Å²) in [6.45, 7) is 2.01. The van der Waals surface area contributed by atoms with Crippen LogP contribution in [0.25, 0.3) is 0 Å². The van der Waals surface area contributed by atoms with Gasteiger partial charge in [-0.25, -0.2) is 0 Å². The van der Waals surface area contributed by atoms with Crippen LogP contribution in [0.4, 0.5) is 0 Å². The highest BCUT2D eigenvalue weighted by Crippen LogP contribution is 2.42. The minimum Gasteiger partial charge on any atom is -0.375 e. The summed E-state index contributed by atoms with van der Waals surface area (Å²) >= 11 is 0. The minimum atomic E-state index is 0.174. The molecule has 102 valence electrons. The molecule has 3 aliphatic rings. The largest absolute Gasteiger partial charge is 0.375 e. The fourth-order valence-electron chi connectivity index (χ4n) is 4.23. The van der Waals surface area contributed by atoms with Gasteiger partial charge in [0.25, 0.3) is 0 Å². The van der Waals surface area contributed by atoms with Crippen molar-refractivity contribution in [3.05, 3.63) is 0 Å². The molecule has 2 heterocycles. The van der Waals surface area contributed by atoms with E-state index < -0.39 is 0 Å². The number of nitrogens with zero attached hydrogens (tertiary/aromatic N) is 1. The fourth-order valence-corrected chi connectivity index (χ4v) is 4.23. The summed E-state index contributed by atoms with van der Waals surface area (Å²) < 4.78 is 6.10. The third-order valence-corrected chi connectivity index (χ3v) is 5.20. The smallest absolute Gasteiger partial charge is 0.137 e. The molecule has 2 atom stereocenters. The van der Waals surface area contributed by atoms with E-state index in [4.69, 9.17) is 4.74 Å². The van der Waals surface area contributed by atoms with Crippen LogP contribution in [-0.2, 0) is 9.53 Å². The number of ether oxygens (including phenoxy) is 1. The Labute approximate surface area is 110 Å². The lowest BCUT2D eigenvalue weighted by Crippen LogP contribution is -2.53. The molecule has 2 unspecified atom stereocenters. The fraction of sp³-hybridized carbons (Fsp3) is 0.933. The Morgan fingerprint density at radius 3 is 2.72 bits per heavy atom. The third kappa shape index (κ3) is 2.35. The first-order valence-electron chi connectivity index (χ1n) is 7.68. The highest BCUT2D eigenvalue weighted by molar-refractivity contribution is 5.57. The van der Waals surface area contributed by atoms with E-state index in [9.17, 15) is 4.79 Å². The topological polar surface area (TPSA) is 29.5 Å². The summed E-state index contributed by atoms with van der Waals surface area (Å²) in [5.41, 5.74) is 0.174. The van der Waals surface area contributed by atoms with Gasteiger partial charge in [-0.05, 0) is 45.1 Å². The van der Waals surface area contributed by atoms with Gasteiger partial charge in [0.15, 0.2) is 0 Å². The molecule has 0 radical (unpaired) electrons. The van der Waals surface area contributed by atoms with Crippen LogP contribution in [0.2, 0.25) is 0 Å². The molecule has 1 spiro atoms. The molecular weight excluding hydrogens is 226 g/mol. The number of likely N-dealkylation sites (tertiary alicyclic amines) is 1. The maximum absolute atomic E-state index is 11.3. The van der Waals surface area contributed by atoms with E-state index in [1.54, 1.807) is 0 Å². The van der Waals surface area contributed by atoms with Crippen molar-refractivity contribution in [1.82, 2.24) is 4.90 Å². The first-order valence-corrected chi connectivity index (χ1v) is 7.68. The normalized spacial score (nSPS) is 36.9. The zero-order chi connectivity index (χ0) is 12.4. The lowest BCUT2D eigenvalue weighted by atomic mass is 9.86. The van der Waals surface area contributed by atoms with Crippen molar-refractivity contribution in [3.63, 3.8) is 0 Å². The number of aldehydes is 1. The second kappa shape index (κ2) is 5.30. The van der Waals surface area contributed by atoms with Gasteiger partial charge in [0.2, 0.25) is 0 Å². The molecule has 3 nitrogen and oxygen atoms in total. The Balaban J connectivity index is 1.68. The van der Waals surface area contributed by atoms with Crippen LogP contribution in [0.3, 0.4) is 0 Å². The first kappa shape index (κ1) is 12.6. The Morgan fingerprint density at radius 2 is 1.94 bits per heavy atom. The predicted molar refractivity (Wildman–Crippen MR) is 70.6 cm³/mol. The molecule has 0 aromatic heterocycles. The molecule has 1 saturated carbocycles. The van der Waals surface area contributed by atoms with Gasteiger partial charge in [-0.15, -0.1) is 0 Å². The Kier molecular flexibility index (Phi) is 3.71. The Bertz CT molecular complexity index is 299. The molecule has 2 aliphatic heterocycles. The lowest BCUT2D eigenvalue weighted by Gasteiger charge is -2.46. The van der Waals surface area contributed by atoms with E-state index in [1.807, 2.05) is 0 Å². The summed E-state index contributed by atoms with van der Waals surface area (Å²) in [5.74, 6) is 0. The van der Waals surface area contributed by atoms with Crippen LogP contribution in [0.1, 0.15) is 57.8 Å². The number of hydrogen-bond acceptors (Lipinski definition) is 3. The average molecular weight is 251 g/mol. The monoisotopic (exact) mass is 251 g/mol. The van der Waals surface area contributed by atoms with Crippen LogP contribution >= 0.6 is 0 Å². The van der Waals surface area contributed by atoms with Crippen LogP contribution in [0.5, 0.6) is 0 Å². The molecule has 18 heavy (non-hydrogen) atoms. The van der Waals surface area contributed by atoms with Gasteiger partial charge in [-0.2, -0.15) is 0 Å². The quantitative estimate of drug-likeness (QED) is 0.706. The van der Waals surface area contributed by atoms with Gasteiger partial charge in [0.1, 0.15) is 6.29 Å².